The van der Waals surface area contributed by atoms with Crippen molar-refractivity contribution in [1.82, 2.24) is 24.6 Å². The lowest BCUT2D eigenvalue weighted by molar-refractivity contribution is 0.144. The van der Waals surface area contributed by atoms with Gasteiger partial charge >= 0.3 is 0 Å². The Labute approximate surface area is 212 Å². The summed E-state index contributed by atoms with van der Waals surface area (Å²) in [5, 5.41) is 5.65. The summed E-state index contributed by atoms with van der Waals surface area (Å²) in [4.78, 5) is 14.6. The van der Waals surface area contributed by atoms with Crippen LogP contribution in [0.15, 0.2) is 54.6 Å². The molecule has 1 aliphatic heterocycles. The number of piperazine rings is 1. The van der Waals surface area contributed by atoms with Crippen molar-refractivity contribution in [3.05, 3.63) is 65.7 Å². The Balaban J connectivity index is 1.54. The summed E-state index contributed by atoms with van der Waals surface area (Å²) in [6.07, 6.45) is 0. The molecular weight excluding hydrogens is 450 g/mol. The van der Waals surface area contributed by atoms with Crippen LogP contribution in [0.2, 0.25) is 0 Å². The van der Waals surface area contributed by atoms with Gasteiger partial charge in [0.15, 0.2) is 5.65 Å². The van der Waals surface area contributed by atoms with Crippen molar-refractivity contribution in [3.8, 4) is 11.3 Å². The number of nitrogen functional groups attached to an aromatic ring is 1. The SMILES string of the molecule is COCCN1CCN(c2nc(-c3ccc(C(C)C)cc3)c3c(N)n(Cc4ccccc4)nc3n2)CC1. The Morgan fingerprint density at radius 3 is 2.33 bits per heavy atom. The number of fused-ring (bicyclic) bond motifs is 1. The quantitative estimate of drug-likeness (QED) is 0.403. The third-order valence-electron chi connectivity index (χ3n) is 6.92. The number of ether oxygens (including phenoxy) is 1. The molecule has 0 spiro atoms. The number of hydrogen-bond acceptors (Lipinski definition) is 7. The van der Waals surface area contributed by atoms with Gasteiger partial charge in [0.2, 0.25) is 5.95 Å². The van der Waals surface area contributed by atoms with E-state index in [2.05, 4.69) is 60.0 Å². The van der Waals surface area contributed by atoms with Gasteiger partial charge < -0.3 is 15.4 Å². The summed E-state index contributed by atoms with van der Waals surface area (Å²) < 4.78 is 7.09. The topological polar surface area (TPSA) is 85.3 Å². The van der Waals surface area contributed by atoms with Gasteiger partial charge in [-0.25, -0.2) is 9.67 Å². The molecule has 0 aliphatic carbocycles. The molecule has 1 saturated heterocycles. The predicted molar refractivity (Wildman–Crippen MR) is 145 cm³/mol. The van der Waals surface area contributed by atoms with Crippen molar-refractivity contribution in [3.63, 3.8) is 0 Å². The second kappa shape index (κ2) is 10.6. The van der Waals surface area contributed by atoms with Crippen LogP contribution in [-0.4, -0.2) is 71.1 Å². The van der Waals surface area contributed by atoms with Crippen molar-refractivity contribution < 1.29 is 4.74 Å². The number of benzene rings is 2. The fraction of sp³-hybridized carbons (Fsp3) is 0.393. The van der Waals surface area contributed by atoms with Crippen molar-refractivity contribution in [1.29, 1.82) is 0 Å². The van der Waals surface area contributed by atoms with Crippen LogP contribution < -0.4 is 10.6 Å². The Morgan fingerprint density at radius 1 is 0.944 bits per heavy atom. The molecular formula is C28H35N7O. The third kappa shape index (κ3) is 5.05. The van der Waals surface area contributed by atoms with E-state index in [1.807, 2.05) is 22.9 Å². The lowest BCUT2D eigenvalue weighted by Gasteiger charge is -2.34. The summed E-state index contributed by atoms with van der Waals surface area (Å²) in [6.45, 7) is 10.3. The molecule has 36 heavy (non-hydrogen) atoms. The van der Waals surface area contributed by atoms with Crippen LogP contribution in [-0.2, 0) is 11.3 Å². The Bertz CT molecular complexity index is 1290. The van der Waals surface area contributed by atoms with E-state index >= 15 is 0 Å². The van der Waals surface area contributed by atoms with Crippen LogP contribution in [0.4, 0.5) is 11.8 Å². The second-order valence-electron chi connectivity index (χ2n) is 9.70. The fourth-order valence-corrected chi connectivity index (χ4v) is 4.69. The molecule has 0 atom stereocenters. The molecule has 0 radical (unpaired) electrons. The number of methoxy groups -OCH3 is 1. The fourth-order valence-electron chi connectivity index (χ4n) is 4.69. The van der Waals surface area contributed by atoms with E-state index in [1.165, 1.54) is 5.56 Å². The molecule has 4 aromatic rings. The summed E-state index contributed by atoms with van der Waals surface area (Å²) in [5.41, 5.74) is 11.6. The zero-order chi connectivity index (χ0) is 25.1. The van der Waals surface area contributed by atoms with Gasteiger partial charge in [-0.3, -0.25) is 4.90 Å². The molecule has 5 rings (SSSR count). The van der Waals surface area contributed by atoms with Gasteiger partial charge in [-0.05, 0) is 17.0 Å². The Kier molecular flexibility index (Phi) is 7.16. The highest BCUT2D eigenvalue weighted by atomic mass is 16.5. The first kappa shape index (κ1) is 24.2. The van der Waals surface area contributed by atoms with Crippen molar-refractivity contribution in [2.45, 2.75) is 26.3 Å². The van der Waals surface area contributed by atoms with Crippen LogP contribution >= 0.6 is 0 Å². The summed E-state index contributed by atoms with van der Waals surface area (Å²) in [7, 11) is 1.75. The lowest BCUT2D eigenvalue weighted by atomic mass is 10.00. The van der Waals surface area contributed by atoms with Crippen molar-refractivity contribution in [2.24, 2.45) is 0 Å². The number of anilines is 2. The molecule has 1 fully saturated rings. The average Bonchev–Trinajstić information content (AvgIpc) is 3.22. The van der Waals surface area contributed by atoms with E-state index in [0.717, 1.165) is 61.5 Å². The van der Waals surface area contributed by atoms with E-state index < -0.39 is 0 Å². The maximum absolute atomic E-state index is 6.68. The average molecular weight is 486 g/mol. The minimum atomic E-state index is 0.466. The van der Waals surface area contributed by atoms with E-state index in [1.54, 1.807) is 7.11 Å². The maximum atomic E-state index is 6.68. The molecule has 188 valence electrons. The molecule has 0 amide bonds. The van der Waals surface area contributed by atoms with Gasteiger partial charge in [0.1, 0.15) is 5.82 Å². The highest BCUT2D eigenvalue weighted by molar-refractivity contribution is 5.99. The zero-order valence-electron chi connectivity index (χ0n) is 21.4. The molecule has 0 bridgehead atoms. The number of aromatic nitrogens is 4. The minimum absolute atomic E-state index is 0.466. The largest absolute Gasteiger partial charge is 0.383 e. The molecule has 2 N–H and O–H groups in total. The molecule has 8 heteroatoms. The minimum Gasteiger partial charge on any atom is -0.383 e. The first-order chi connectivity index (χ1) is 17.5. The summed E-state index contributed by atoms with van der Waals surface area (Å²) in [6, 6.07) is 18.9. The van der Waals surface area contributed by atoms with Gasteiger partial charge in [-0.15, -0.1) is 5.10 Å². The first-order valence-corrected chi connectivity index (χ1v) is 12.7. The van der Waals surface area contributed by atoms with Crippen molar-refractivity contribution >= 4 is 22.8 Å². The predicted octanol–water partition coefficient (Wildman–Crippen LogP) is 4.02. The normalized spacial score (nSPS) is 14.7. The molecule has 8 nitrogen and oxygen atoms in total. The number of nitrogens with two attached hydrogens (primary N) is 1. The number of nitrogens with zero attached hydrogens (tertiary/aromatic N) is 6. The standard InChI is InChI=1S/C28H35N7O/c1-20(2)22-9-11-23(12-10-22)25-24-26(29)35(19-21-7-5-4-6-8-21)32-27(24)31-28(30-25)34-15-13-33(14-16-34)17-18-36-3/h4-12,20H,13-19,29H2,1-3H3. The van der Waals surface area contributed by atoms with E-state index in [9.17, 15) is 0 Å². The van der Waals surface area contributed by atoms with Gasteiger partial charge in [-0.2, -0.15) is 4.98 Å². The molecule has 2 aromatic heterocycles. The van der Waals surface area contributed by atoms with Crippen LogP contribution in [0.25, 0.3) is 22.3 Å². The number of rotatable bonds is 8. The van der Waals surface area contributed by atoms with Crippen LogP contribution in [0.1, 0.15) is 30.9 Å². The highest BCUT2D eigenvalue weighted by Gasteiger charge is 2.23. The monoisotopic (exact) mass is 485 g/mol. The molecule has 0 unspecified atom stereocenters. The van der Waals surface area contributed by atoms with Gasteiger partial charge in [0.25, 0.3) is 0 Å². The van der Waals surface area contributed by atoms with Gasteiger partial charge in [0, 0.05) is 45.4 Å². The maximum Gasteiger partial charge on any atom is 0.228 e. The highest BCUT2D eigenvalue weighted by Crippen LogP contribution is 2.33. The van der Waals surface area contributed by atoms with Crippen LogP contribution in [0.5, 0.6) is 0 Å². The van der Waals surface area contributed by atoms with E-state index in [0.29, 0.717) is 29.9 Å². The molecule has 0 saturated carbocycles. The Morgan fingerprint density at radius 2 is 1.67 bits per heavy atom. The number of hydrogen-bond donors (Lipinski definition) is 1. The van der Waals surface area contributed by atoms with Crippen LogP contribution in [0.3, 0.4) is 0 Å². The van der Waals surface area contributed by atoms with Gasteiger partial charge in [0.05, 0.1) is 24.2 Å². The van der Waals surface area contributed by atoms with Gasteiger partial charge in [-0.1, -0.05) is 68.4 Å². The Hall–Kier alpha value is -3.49. The molecule has 2 aromatic carbocycles. The lowest BCUT2D eigenvalue weighted by Crippen LogP contribution is -2.47. The zero-order valence-corrected chi connectivity index (χ0v) is 21.4. The summed E-state index contributed by atoms with van der Waals surface area (Å²) in [5.74, 6) is 1.77. The summed E-state index contributed by atoms with van der Waals surface area (Å²) >= 11 is 0. The van der Waals surface area contributed by atoms with Crippen molar-refractivity contribution in [2.75, 3.05) is 57.1 Å². The van der Waals surface area contributed by atoms with Crippen LogP contribution in [0, 0.1) is 0 Å². The van der Waals surface area contributed by atoms with E-state index in [4.69, 9.17) is 25.5 Å². The smallest absolute Gasteiger partial charge is 0.228 e. The van der Waals surface area contributed by atoms with E-state index in [-0.39, 0.29) is 0 Å². The molecule has 1 aliphatic rings. The first-order valence-electron chi connectivity index (χ1n) is 12.7. The molecule has 3 heterocycles. The third-order valence-corrected chi connectivity index (χ3v) is 6.92. The second-order valence-corrected chi connectivity index (χ2v) is 9.70.